The Morgan fingerprint density at radius 2 is 2.18 bits per heavy atom. The predicted octanol–water partition coefficient (Wildman–Crippen LogP) is -0.804. The van der Waals surface area contributed by atoms with Crippen molar-refractivity contribution in [2.24, 2.45) is 0 Å². The molecule has 4 N–H and O–H groups in total. The fraction of sp³-hybridized carbons (Fsp3) is 0.500. The van der Waals surface area contributed by atoms with E-state index in [4.69, 9.17) is 5.11 Å². The lowest BCUT2D eigenvalue weighted by molar-refractivity contribution is 0.0758. The molecule has 1 aliphatic rings. The lowest BCUT2D eigenvalue weighted by Gasteiger charge is -2.18. The molecule has 1 fully saturated rings. The number of amides is 2. The van der Waals surface area contributed by atoms with Crippen LogP contribution < -0.4 is 10.0 Å². The van der Waals surface area contributed by atoms with Crippen molar-refractivity contribution in [3.8, 4) is 0 Å². The summed E-state index contributed by atoms with van der Waals surface area (Å²) in [6, 6.07) is -0.459. The molecule has 0 aromatic carbocycles. The third kappa shape index (κ3) is 3.72. The molecule has 2 rings (SSSR count). The van der Waals surface area contributed by atoms with Crippen LogP contribution in [0.5, 0.6) is 0 Å². The Balaban J connectivity index is 2.05. The normalized spacial score (nSPS) is 22.5. The summed E-state index contributed by atoms with van der Waals surface area (Å²) in [5, 5.41) is 20.0. The Bertz CT molecular complexity index is 696. The van der Waals surface area contributed by atoms with Crippen molar-refractivity contribution < 1.29 is 32.6 Å². The zero-order valence-corrected chi connectivity index (χ0v) is 12.3. The molecular formula is C10H14N4O7S. The zero-order valence-electron chi connectivity index (χ0n) is 11.4. The third-order valence-electron chi connectivity index (χ3n) is 2.93. The molecule has 22 heavy (non-hydrogen) atoms. The molecule has 2 heterocycles. The first-order valence-corrected chi connectivity index (χ1v) is 7.53. The van der Waals surface area contributed by atoms with Crippen LogP contribution in [0.1, 0.15) is 23.8 Å². The summed E-state index contributed by atoms with van der Waals surface area (Å²) >= 11 is 0. The molecule has 1 aromatic heterocycles. The van der Waals surface area contributed by atoms with Crippen molar-refractivity contribution in [3.63, 3.8) is 0 Å². The second kappa shape index (κ2) is 5.55. The minimum Gasteiger partial charge on any atom is -0.465 e. The van der Waals surface area contributed by atoms with Crippen LogP contribution in [-0.4, -0.2) is 58.6 Å². The van der Waals surface area contributed by atoms with Crippen LogP contribution >= 0.6 is 0 Å². The molecule has 2 amide bonds. The average Bonchev–Trinajstić information content (AvgIpc) is 2.94. The Morgan fingerprint density at radius 3 is 2.73 bits per heavy atom. The number of carbonyl (C=O) groups excluding carboxylic acids is 1. The number of nitrogens with one attached hydrogen (secondary N) is 2. The monoisotopic (exact) mass is 334 g/mol. The molecule has 1 saturated heterocycles. The first-order chi connectivity index (χ1) is 10.1. The molecular weight excluding hydrogens is 320 g/mol. The maximum Gasteiger partial charge on any atom is 0.412 e. The molecule has 0 spiro atoms. The molecule has 12 heteroatoms. The third-order valence-corrected chi connectivity index (χ3v) is 4.36. The number of β-amino-alcohol motifs (C(OH)–C–C–N with tert-alkyl or cyclic N) is 1. The molecule has 0 aliphatic carbocycles. The van der Waals surface area contributed by atoms with E-state index >= 15 is 0 Å². The van der Waals surface area contributed by atoms with Gasteiger partial charge in [0.1, 0.15) is 6.26 Å². The summed E-state index contributed by atoms with van der Waals surface area (Å²) in [4.78, 5) is 25.7. The molecule has 1 atom stereocenters. The average molecular weight is 334 g/mol. The van der Waals surface area contributed by atoms with Gasteiger partial charge in [-0.2, -0.15) is 17.7 Å². The van der Waals surface area contributed by atoms with Crippen molar-refractivity contribution in [3.05, 3.63) is 12.0 Å². The molecule has 1 unspecified atom stereocenters. The number of oxazole rings is 1. The number of aromatic nitrogens is 1. The highest BCUT2D eigenvalue weighted by atomic mass is 32.2. The van der Waals surface area contributed by atoms with Crippen molar-refractivity contribution in [1.82, 2.24) is 14.0 Å². The Kier molecular flexibility index (Phi) is 4.08. The number of carbonyl (C=O) groups is 2. The summed E-state index contributed by atoms with van der Waals surface area (Å²) in [5.41, 5.74) is -1.55. The molecule has 0 saturated carbocycles. The molecule has 1 aromatic rings. The Hall–Kier alpha value is -2.18. The highest BCUT2D eigenvalue weighted by molar-refractivity contribution is 7.87. The van der Waals surface area contributed by atoms with E-state index in [2.05, 4.69) is 9.40 Å². The molecule has 1 aliphatic heterocycles. The van der Waals surface area contributed by atoms with Crippen LogP contribution in [-0.2, 0) is 10.2 Å². The van der Waals surface area contributed by atoms with Gasteiger partial charge in [-0.15, -0.1) is 0 Å². The first-order valence-electron chi connectivity index (χ1n) is 6.09. The first kappa shape index (κ1) is 16.2. The lowest BCUT2D eigenvalue weighted by atomic mass is 10.1. The van der Waals surface area contributed by atoms with Crippen LogP contribution in [0.4, 0.5) is 10.8 Å². The van der Waals surface area contributed by atoms with Gasteiger partial charge in [-0.25, -0.2) is 14.8 Å². The van der Waals surface area contributed by atoms with Gasteiger partial charge in [0, 0.05) is 13.1 Å². The number of aliphatic hydroxyl groups is 1. The number of hydrogen-bond acceptors (Lipinski definition) is 7. The van der Waals surface area contributed by atoms with E-state index in [0.29, 0.717) is 0 Å². The quantitative estimate of drug-likeness (QED) is 0.556. The summed E-state index contributed by atoms with van der Waals surface area (Å²) < 4.78 is 31.4. The number of carboxylic acid groups (broad SMARTS) is 1. The maximum absolute atomic E-state index is 12.0. The Labute approximate surface area is 125 Å². The van der Waals surface area contributed by atoms with Gasteiger partial charge in [-0.1, -0.05) is 0 Å². The predicted molar refractivity (Wildman–Crippen MR) is 71.4 cm³/mol. The Morgan fingerprint density at radius 1 is 1.50 bits per heavy atom. The van der Waals surface area contributed by atoms with Gasteiger partial charge in [0.2, 0.25) is 0 Å². The van der Waals surface area contributed by atoms with Gasteiger partial charge in [-0.05, 0) is 13.3 Å². The van der Waals surface area contributed by atoms with Crippen molar-refractivity contribution >= 4 is 28.2 Å². The highest BCUT2D eigenvalue weighted by Gasteiger charge is 2.38. The molecule has 11 nitrogen and oxygen atoms in total. The number of rotatable bonds is 4. The topological polar surface area (TPSA) is 162 Å². The smallest absolute Gasteiger partial charge is 0.412 e. The van der Waals surface area contributed by atoms with E-state index in [1.807, 2.05) is 0 Å². The summed E-state index contributed by atoms with van der Waals surface area (Å²) in [6.45, 7) is 1.42. The molecule has 0 bridgehead atoms. The zero-order chi connectivity index (χ0) is 16.5. The SMILES string of the molecule is CC1(O)CCN(S(=O)(=O)NC(=O)c2coc(NC(=O)O)n2)C1. The summed E-state index contributed by atoms with van der Waals surface area (Å²) in [6.07, 6.45) is -0.379. The number of nitrogens with zero attached hydrogens (tertiary/aromatic N) is 2. The lowest BCUT2D eigenvalue weighted by Crippen LogP contribution is -2.44. The van der Waals surface area contributed by atoms with E-state index in [0.717, 1.165) is 10.6 Å². The maximum atomic E-state index is 12.0. The van der Waals surface area contributed by atoms with Gasteiger partial charge in [0.25, 0.3) is 5.91 Å². The van der Waals surface area contributed by atoms with Gasteiger partial charge < -0.3 is 14.6 Å². The second-order valence-corrected chi connectivity index (χ2v) is 6.66. The van der Waals surface area contributed by atoms with Crippen molar-refractivity contribution in [1.29, 1.82) is 0 Å². The molecule has 0 radical (unpaired) electrons. The minimum atomic E-state index is -4.14. The second-order valence-electron chi connectivity index (χ2n) is 4.98. The van der Waals surface area contributed by atoms with Crippen LogP contribution in [0.3, 0.4) is 0 Å². The minimum absolute atomic E-state index is 0.0697. The fourth-order valence-corrected chi connectivity index (χ4v) is 3.12. The molecule has 122 valence electrons. The van der Waals surface area contributed by atoms with Gasteiger partial charge in [0.05, 0.1) is 5.60 Å². The number of anilines is 1. The van der Waals surface area contributed by atoms with Crippen LogP contribution in [0.15, 0.2) is 10.7 Å². The van der Waals surface area contributed by atoms with Crippen LogP contribution in [0.2, 0.25) is 0 Å². The van der Waals surface area contributed by atoms with E-state index in [-0.39, 0.29) is 19.5 Å². The fourth-order valence-electron chi connectivity index (χ4n) is 1.87. The van der Waals surface area contributed by atoms with E-state index in [1.54, 1.807) is 10.0 Å². The largest absolute Gasteiger partial charge is 0.465 e. The van der Waals surface area contributed by atoms with Crippen molar-refractivity contribution in [2.45, 2.75) is 18.9 Å². The summed E-state index contributed by atoms with van der Waals surface area (Å²) in [5.74, 6) is -1.08. The van der Waals surface area contributed by atoms with Gasteiger partial charge in [0.15, 0.2) is 5.69 Å². The van der Waals surface area contributed by atoms with Gasteiger partial charge >= 0.3 is 22.3 Å². The summed E-state index contributed by atoms with van der Waals surface area (Å²) in [7, 11) is -4.14. The van der Waals surface area contributed by atoms with E-state index < -0.39 is 39.5 Å². The standard InChI is InChI=1S/C10H14N4O7S/c1-10(18)2-3-14(5-10)22(19,20)13-7(15)6-4-21-8(11-6)12-9(16)17/h4,18H,2-3,5H2,1H3,(H,11,12)(H,13,15)(H,16,17). The van der Waals surface area contributed by atoms with Crippen LogP contribution in [0.25, 0.3) is 0 Å². The van der Waals surface area contributed by atoms with E-state index in [1.165, 1.54) is 6.92 Å². The highest BCUT2D eigenvalue weighted by Crippen LogP contribution is 2.22. The van der Waals surface area contributed by atoms with Crippen LogP contribution in [0, 0.1) is 0 Å². The van der Waals surface area contributed by atoms with E-state index in [9.17, 15) is 23.1 Å². The number of hydrogen-bond donors (Lipinski definition) is 4. The van der Waals surface area contributed by atoms with Crippen molar-refractivity contribution in [2.75, 3.05) is 18.4 Å². The van der Waals surface area contributed by atoms with Gasteiger partial charge in [-0.3, -0.25) is 4.79 Å².